The third-order valence-electron chi connectivity index (χ3n) is 3.00. The van der Waals surface area contributed by atoms with E-state index in [4.69, 9.17) is 21.4 Å². The number of carboxylic acids is 1. The fourth-order valence-corrected chi connectivity index (χ4v) is 2.12. The number of phenolic OH excluding ortho intramolecular Hbond substituents is 1. The molecule has 0 aliphatic heterocycles. The van der Waals surface area contributed by atoms with Crippen LogP contribution in [0.1, 0.15) is 15.9 Å². The summed E-state index contributed by atoms with van der Waals surface area (Å²) in [4.78, 5) is 11.0. The number of ether oxygens (including phenoxy) is 1. The van der Waals surface area contributed by atoms with Crippen LogP contribution in [0.25, 0.3) is 0 Å². The zero-order chi connectivity index (χ0) is 15.4. The lowest BCUT2D eigenvalue weighted by atomic mass is 10.1. The Morgan fingerprint density at radius 2 is 2.10 bits per heavy atom. The molecule has 0 aliphatic rings. The van der Waals surface area contributed by atoms with E-state index in [1.54, 1.807) is 18.2 Å². The van der Waals surface area contributed by atoms with E-state index >= 15 is 0 Å². The molecular formula is C15H14ClNO4. The van der Waals surface area contributed by atoms with Crippen LogP contribution in [0.3, 0.4) is 0 Å². The van der Waals surface area contributed by atoms with Crippen molar-refractivity contribution >= 4 is 23.3 Å². The number of methoxy groups -OCH3 is 1. The number of phenols is 1. The lowest BCUT2D eigenvalue weighted by Gasteiger charge is -2.13. The minimum Gasteiger partial charge on any atom is -0.508 e. The van der Waals surface area contributed by atoms with Crippen LogP contribution in [0.2, 0.25) is 5.02 Å². The number of hydrogen-bond donors (Lipinski definition) is 3. The first kappa shape index (κ1) is 15.0. The van der Waals surface area contributed by atoms with Crippen molar-refractivity contribution < 1.29 is 19.7 Å². The van der Waals surface area contributed by atoms with Gasteiger partial charge in [0.05, 0.1) is 18.4 Å². The van der Waals surface area contributed by atoms with Gasteiger partial charge in [-0.1, -0.05) is 17.7 Å². The summed E-state index contributed by atoms with van der Waals surface area (Å²) in [7, 11) is 1.49. The summed E-state index contributed by atoms with van der Waals surface area (Å²) in [6.45, 7) is 0.241. The van der Waals surface area contributed by atoms with Crippen molar-refractivity contribution in [1.82, 2.24) is 0 Å². The third kappa shape index (κ3) is 3.38. The lowest BCUT2D eigenvalue weighted by molar-refractivity contribution is 0.0697. The lowest BCUT2D eigenvalue weighted by Crippen LogP contribution is -2.04. The number of rotatable bonds is 5. The van der Waals surface area contributed by atoms with Gasteiger partial charge in [0.15, 0.2) is 0 Å². The number of hydrogen-bond acceptors (Lipinski definition) is 4. The first-order chi connectivity index (χ1) is 10.0. The molecule has 5 nitrogen and oxygen atoms in total. The second-order valence-electron chi connectivity index (χ2n) is 4.31. The molecule has 0 saturated heterocycles. The second-order valence-corrected chi connectivity index (χ2v) is 4.72. The van der Waals surface area contributed by atoms with Gasteiger partial charge in [-0.15, -0.1) is 0 Å². The van der Waals surface area contributed by atoms with Gasteiger partial charge in [0, 0.05) is 17.1 Å². The molecule has 0 bridgehead atoms. The Morgan fingerprint density at radius 1 is 1.33 bits per heavy atom. The van der Waals surface area contributed by atoms with Gasteiger partial charge in [0.1, 0.15) is 11.5 Å². The van der Waals surface area contributed by atoms with E-state index in [9.17, 15) is 9.90 Å². The van der Waals surface area contributed by atoms with E-state index in [2.05, 4.69) is 5.32 Å². The zero-order valence-corrected chi connectivity index (χ0v) is 12.0. The maximum absolute atomic E-state index is 11.0. The molecule has 2 rings (SSSR count). The molecule has 0 atom stereocenters. The summed E-state index contributed by atoms with van der Waals surface area (Å²) in [5.74, 6) is -0.448. The van der Waals surface area contributed by atoms with E-state index < -0.39 is 5.97 Å². The molecule has 0 fully saturated rings. The maximum Gasteiger partial charge on any atom is 0.335 e. The zero-order valence-electron chi connectivity index (χ0n) is 11.3. The quantitative estimate of drug-likeness (QED) is 0.789. The fraction of sp³-hybridized carbons (Fsp3) is 0.133. The molecule has 2 aromatic rings. The van der Waals surface area contributed by atoms with Crippen LogP contribution in [0.5, 0.6) is 11.5 Å². The molecule has 0 unspecified atom stereocenters. The number of aromatic hydroxyl groups is 1. The summed E-state index contributed by atoms with van der Waals surface area (Å²) in [6, 6.07) is 9.34. The van der Waals surface area contributed by atoms with Crippen LogP contribution in [0.4, 0.5) is 5.69 Å². The van der Waals surface area contributed by atoms with Crippen LogP contribution in [-0.4, -0.2) is 23.3 Å². The van der Waals surface area contributed by atoms with Gasteiger partial charge in [-0.25, -0.2) is 4.79 Å². The van der Waals surface area contributed by atoms with Crippen molar-refractivity contribution in [2.24, 2.45) is 0 Å². The molecule has 21 heavy (non-hydrogen) atoms. The summed E-state index contributed by atoms with van der Waals surface area (Å²) >= 11 is 6.03. The standard InChI is InChI=1S/C15H14ClNO4/c1-21-14-6-5-9(15(19)20)7-12(14)17-8-10-11(16)3-2-4-13(10)18/h2-7,17-18H,8H2,1H3,(H,19,20). The third-order valence-corrected chi connectivity index (χ3v) is 3.35. The average Bonchev–Trinajstić information content (AvgIpc) is 2.46. The normalized spacial score (nSPS) is 10.2. The van der Waals surface area contributed by atoms with E-state index in [1.807, 2.05) is 0 Å². The fourth-order valence-electron chi connectivity index (χ4n) is 1.89. The molecule has 0 aliphatic carbocycles. The van der Waals surface area contributed by atoms with Crippen molar-refractivity contribution in [2.45, 2.75) is 6.54 Å². The molecule has 0 amide bonds. The largest absolute Gasteiger partial charge is 0.508 e. The SMILES string of the molecule is COc1ccc(C(=O)O)cc1NCc1c(O)cccc1Cl. The Bertz CT molecular complexity index is 652. The number of aromatic carboxylic acids is 1. The minimum absolute atomic E-state index is 0.0726. The Balaban J connectivity index is 2.26. The van der Waals surface area contributed by atoms with Crippen LogP contribution >= 0.6 is 11.6 Å². The Labute approximate surface area is 126 Å². The van der Waals surface area contributed by atoms with Crippen molar-refractivity contribution in [3.8, 4) is 11.5 Å². The van der Waals surface area contributed by atoms with Gasteiger partial charge in [-0.3, -0.25) is 0 Å². The highest BCUT2D eigenvalue weighted by atomic mass is 35.5. The van der Waals surface area contributed by atoms with Crippen molar-refractivity contribution in [3.63, 3.8) is 0 Å². The first-order valence-electron chi connectivity index (χ1n) is 6.14. The molecule has 0 radical (unpaired) electrons. The monoisotopic (exact) mass is 307 g/mol. The van der Waals surface area contributed by atoms with E-state index in [1.165, 1.54) is 25.3 Å². The predicted octanol–water partition coefficient (Wildman–Crippen LogP) is 3.36. The van der Waals surface area contributed by atoms with Gasteiger partial charge in [-0.2, -0.15) is 0 Å². The summed E-state index contributed by atoms with van der Waals surface area (Å²) < 4.78 is 5.18. The topological polar surface area (TPSA) is 78.8 Å². The van der Waals surface area contributed by atoms with E-state index in [0.717, 1.165) is 0 Å². The predicted molar refractivity (Wildman–Crippen MR) is 80.4 cm³/mol. The number of carboxylic acid groups (broad SMARTS) is 1. The molecule has 0 saturated carbocycles. The average molecular weight is 308 g/mol. The highest BCUT2D eigenvalue weighted by molar-refractivity contribution is 6.31. The number of halogens is 1. The van der Waals surface area contributed by atoms with Gasteiger partial charge < -0.3 is 20.3 Å². The van der Waals surface area contributed by atoms with Crippen LogP contribution in [-0.2, 0) is 6.54 Å². The molecule has 0 aromatic heterocycles. The van der Waals surface area contributed by atoms with Gasteiger partial charge in [-0.05, 0) is 30.3 Å². The van der Waals surface area contributed by atoms with Gasteiger partial charge in [0.2, 0.25) is 0 Å². The minimum atomic E-state index is -1.03. The summed E-state index contributed by atoms with van der Waals surface area (Å²) in [5, 5.41) is 22.3. The van der Waals surface area contributed by atoms with Crippen LogP contribution in [0, 0.1) is 0 Å². The van der Waals surface area contributed by atoms with Gasteiger partial charge >= 0.3 is 5.97 Å². The number of anilines is 1. The smallest absolute Gasteiger partial charge is 0.335 e. The Kier molecular flexibility index (Phi) is 4.55. The van der Waals surface area contributed by atoms with Crippen molar-refractivity contribution in [2.75, 3.05) is 12.4 Å². The molecule has 110 valence electrons. The molecule has 3 N–H and O–H groups in total. The summed E-state index contributed by atoms with van der Waals surface area (Å²) in [5.41, 5.74) is 1.18. The molecular weight excluding hydrogens is 294 g/mol. The maximum atomic E-state index is 11.0. The highest BCUT2D eigenvalue weighted by Gasteiger charge is 2.11. The van der Waals surface area contributed by atoms with Crippen LogP contribution in [0.15, 0.2) is 36.4 Å². The molecule has 2 aromatic carbocycles. The van der Waals surface area contributed by atoms with Crippen molar-refractivity contribution in [1.29, 1.82) is 0 Å². The Morgan fingerprint density at radius 3 is 2.71 bits per heavy atom. The molecule has 0 heterocycles. The first-order valence-corrected chi connectivity index (χ1v) is 6.52. The van der Waals surface area contributed by atoms with E-state index in [0.29, 0.717) is 22.0 Å². The van der Waals surface area contributed by atoms with Gasteiger partial charge in [0.25, 0.3) is 0 Å². The highest BCUT2D eigenvalue weighted by Crippen LogP contribution is 2.29. The van der Waals surface area contributed by atoms with Crippen LogP contribution < -0.4 is 10.1 Å². The van der Waals surface area contributed by atoms with E-state index in [-0.39, 0.29) is 17.9 Å². The Hall–Kier alpha value is -2.40. The van der Waals surface area contributed by atoms with Crippen molar-refractivity contribution in [3.05, 3.63) is 52.5 Å². The molecule has 6 heteroatoms. The summed E-state index contributed by atoms with van der Waals surface area (Å²) in [6.07, 6.45) is 0. The molecule has 0 spiro atoms. The number of benzene rings is 2. The second kappa shape index (κ2) is 6.37. The number of carbonyl (C=O) groups is 1. The number of nitrogens with one attached hydrogen (secondary N) is 1.